The van der Waals surface area contributed by atoms with Crippen LogP contribution in [-0.2, 0) is 9.53 Å². The number of hydrogen-bond acceptors (Lipinski definition) is 3. The molecule has 1 aromatic heterocycles. The third-order valence-corrected chi connectivity index (χ3v) is 1.39. The van der Waals surface area contributed by atoms with Crippen LogP contribution in [0.2, 0.25) is 0 Å². The Kier molecular flexibility index (Phi) is 3.09. The fourth-order valence-corrected chi connectivity index (χ4v) is 0.754. The van der Waals surface area contributed by atoms with E-state index in [1.807, 2.05) is 6.92 Å². The van der Waals surface area contributed by atoms with Gasteiger partial charge in [0.25, 0.3) is 0 Å². The second kappa shape index (κ2) is 4.31. The van der Waals surface area contributed by atoms with Crippen LogP contribution in [-0.4, -0.2) is 22.8 Å². The maximum absolute atomic E-state index is 10.8. The molecule has 1 aromatic rings. The van der Waals surface area contributed by atoms with E-state index in [2.05, 4.69) is 26.8 Å². The fraction of sp³-hybridized carbons (Fsp3) is 0.333. The summed E-state index contributed by atoms with van der Waals surface area (Å²) in [6.07, 6.45) is 1.65. The van der Waals surface area contributed by atoms with E-state index in [1.54, 1.807) is 13.1 Å². The van der Waals surface area contributed by atoms with Crippen molar-refractivity contribution in [3.8, 4) is 11.8 Å². The molecule has 0 unspecified atom stereocenters. The van der Waals surface area contributed by atoms with Crippen LogP contribution < -0.4 is 0 Å². The molecule has 0 saturated heterocycles. The monoisotopic (exact) mass is 178 g/mol. The predicted octanol–water partition coefficient (Wildman–Crippen LogP) is 0.633. The number of nitrogens with one attached hydrogen (secondary N) is 1. The summed E-state index contributed by atoms with van der Waals surface area (Å²) in [6, 6.07) is 0. The van der Waals surface area contributed by atoms with Gasteiger partial charge in [0.2, 0.25) is 0 Å². The van der Waals surface area contributed by atoms with Crippen molar-refractivity contribution >= 4 is 5.97 Å². The first-order valence-corrected chi connectivity index (χ1v) is 3.92. The number of carbonyl (C=O) groups excluding carboxylic acids is 1. The highest BCUT2D eigenvalue weighted by atomic mass is 16.5. The Bertz CT molecular complexity index is 357. The molecule has 0 aliphatic heterocycles. The summed E-state index contributed by atoms with van der Waals surface area (Å²) in [5.74, 6) is 4.46. The summed E-state index contributed by atoms with van der Waals surface area (Å²) >= 11 is 0. The SMILES string of the molecule is CCOC(=O)C#Cc1[nH]ncc1C. The molecule has 13 heavy (non-hydrogen) atoms. The van der Waals surface area contributed by atoms with E-state index >= 15 is 0 Å². The van der Waals surface area contributed by atoms with Crippen LogP contribution in [0, 0.1) is 18.8 Å². The lowest BCUT2D eigenvalue weighted by molar-refractivity contribution is -0.136. The van der Waals surface area contributed by atoms with Crippen molar-refractivity contribution in [2.24, 2.45) is 0 Å². The van der Waals surface area contributed by atoms with Gasteiger partial charge in [0.1, 0.15) is 5.69 Å². The molecule has 4 nitrogen and oxygen atoms in total. The Morgan fingerprint density at radius 1 is 1.77 bits per heavy atom. The van der Waals surface area contributed by atoms with Crippen LogP contribution in [0.15, 0.2) is 6.20 Å². The average molecular weight is 178 g/mol. The highest BCUT2D eigenvalue weighted by Crippen LogP contribution is 1.98. The standard InChI is InChI=1S/C9H10N2O2/c1-3-13-9(12)5-4-8-7(2)6-10-11-8/h6H,3H2,1-2H3,(H,10,11). The third-order valence-electron chi connectivity index (χ3n) is 1.39. The van der Waals surface area contributed by atoms with Crippen molar-refractivity contribution in [3.63, 3.8) is 0 Å². The van der Waals surface area contributed by atoms with Gasteiger partial charge in [-0.3, -0.25) is 5.10 Å². The number of H-pyrrole nitrogens is 1. The van der Waals surface area contributed by atoms with Crippen LogP contribution in [0.1, 0.15) is 18.2 Å². The number of hydrogen-bond donors (Lipinski definition) is 1. The molecule has 1 N–H and O–H groups in total. The Hall–Kier alpha value is -1.76. The quantitative estimate of drug-likeness (QED) is 0.507. The molecule has 4 heteroatoms. The number of aromatic nitrogens is 2. The first-order chi connectivity index (χ1) is 6.24. The van der Waals surface area contributed by atoms with Crippen molar-refractivity contribution in [1.82, 2.24) is 10.2 Å². The number of ether oxygens (including phenoxy) is 1. The molecule has 68 valence electrons. The van der Waals surface area contributed by atoms with Gasteiger partial charge in [-0.25, -0.2) is 4.79 Å². The summed E-state index contributed by atoms with van der Waals surface area (Å²) < 4.78 is 4.63. The topological polar surface area (TPSA) is 55.0 Å². The largest absolute Gasteiger partial charge is 0.456 e. The van der Waals surface area contributed by atoms with E-state index in [-0.39, 0.29) is 0 Å². The Morgan fingerprint density at radius 3 is 3.08 bits per heavy atom. The first kappa shape index (κ1) is 9.33. The third kappa shape index (κ3) is 2.64. The van der Waals surface area contributed by atoms with Crippen LogP contribution in [0.25, 0.3) is 0 Å². The maximum atomic E-state index is 10.8. The summed E-state index contributed by atoms with van der Waals surface area (Å²) in [6.45, 7) is 3.94. The lowest BCUT2D eigenvalue weighted by Crippen LogP contribution is -1.99. The van der Waals surface area contributed by atoms with Crippen LogP contribution >= 0.6 is 0 Å². The molecule has 0 aliphatic rings. The van der Waals surface area contributed by atoms with E-state index in [0.717, 1.165) is 5.56 Å². The first-order valence-electron chi connectivity index (χ1n) is 3.92. The predicted molar refractivity (Wildman–Crippen MR) is 46.8 cm³/mol. The van der Waals surface area contributed by atoms with E-state index < -0.39 is 5.97 Å². The van der Waals surface area contributed by atoms with Gasteiger partial charge in [0, 0.05) is 11.5 Å². The average Bonchev–Trinajstić information content (AvgIpc) is 2.48. The Labute approximate surface area is 76.3 Å². The van der Waals surface area contributed by atoms with Crippen molar-refractivity contribution in [1.29, 1.82) is 0 Å². The van der Waals surface area contributed by atoms with Crippen molar-refractivity contribution in [2.75, 3.05) is 6.61 Å². The van der Waals surface area contributed by atoms with Crippen molar-refractivity contribution in [2.45, 2.75) is 13.8 Å². The van der Waals surface area contributed by atoms with Gasteiger partial charge in [-0.05, 0) is 19.8 Å². The molecule has 1 rings (SSSR count). The number of esters is 1. The highest BCUT2D eigenvalue weighted by Gasteiger charge is 1.96. The molecule has 0 aromatic carbocycles. The van der Waals surface area contributed by atoms with E-state index in [4.69, 9.17) is 0 Å². The van der Waals surface area contributed by atoms with Gasteiger partial charge in [0.05, 0.1) is 12.8 Å². The summed E-state index contributed by atoms with van der Waals surface area (Å²) in [5.41, 5.74) is 1.56. The summed E-state index contributed by atoms with van der Waals surface area (Å²) in [5, 5.41) is 6.44. The highest BCUT2D eigenvalue weighted by molar-refractivity contribution is 5.89. The second-order valence-corrected chi connectivity index (χ2v) is 2.40. The summed E-state index contributed by atoms with van der Waals surface area (Å²) in [7, 11) is 0. The van der Waals surface area contributed by atoms with Gasteiger partial charge < -0.3 is 4.74 Å². The molecule has 1 heterocycles. The van der Waals surface area contributed by atoms with E-state index in [0.29, 0.717) is 12.3 Å². The van der Waals surface area contributed by atoms with Gasteiger partial charge >= 0.3 is 5.97 Å². The van der Waals surface area contributed by atoms with Crippen molar-refractivity contribution in [3.05, 3.63) is 17.5 Å². The number of aromatic amines is 1. The summed E-state index contributed by atoms with van der Waals surface area (Å²) in [4.78, 5) is 10.8. The van der Waals surface area contributed by atoms with Crippen molar-refractivity contribution < 1.29 is 9.53 Å². The smallest absolute Gasteiger partial charge is 0.384 e. The lowest BCUT2D eigenvalue weighted by atomic mass is 10.3. The minimum absolute atomic E-state index is 0.343. The second-order valence-electron chi connectivity index (χ2n) is 2.40. The zero-order valence-electron chi connectivity index (χ0n) is 7.55. The lowest BCUT2D eigenvalue weighted by Gasteiger charge is -1.90. The van der Waals surface area contributed by atoms with Crippen LogP contribution in [0.4, 0.5) is 0 Å². The minimum atomic E-state index is -0.517. The molecule has 0 aliphatic carbocycles. The molecule has 0 bridgehead atoms. The molecule has 0 fully saturated rings. The van der Waals surface area contributed by atoms with Gasteiger partial charge in [0.15, 0.2) is 0 Å². The van der Waals surface area contributed by atoms with Gasteiger partial charge in [-0.15, -0.1) is 0 Å². The molecule has 0 radical (unpaired) electrons. The Morgan fingerprint density at radius 2 is 2.54 bits per heavy atom. The fourth-order valence-electron chi connectivity index (χ4n) is 0.754. The number of nitrogens with zero attached hydrogens (tertiary/aromatic N) is 1. The Balaban J connectivity index is 2.67. The van der Waals surface area contributed by atoms with Crippen LogP contribution in [0.5, 0.6) is 0 Å². The minimum Gasteiger partial charge on any atom is -0.456 e. The molecule has 0 spiro atoms. The maximum Gasteiger partial charge on any atom is 0.384 e. The normalized spacial score (nSPS) is 8.77. The number of carbonyl (C=O) groups is 1. The van der Waals surface area contributed by atoms with Gasteiger partial charge in [-0.2, -0.15) is 5.10 Å². The van der Waals surface area contributed by atoms with Gasteiger partial charge in [-0.1, -0.05) is 0 Å². The van der Waals surface area contributed by atoms with E-state index in [1.165, 1.54) is 0 Å². The molecular formula is C9H10N2O2. The molecular weight excluding hydrogens is 168 g/mol. The number of aryl methyl sites for hydroxylation is 1. The molecule has 0 atom stereocenters. The zero-order chi connectivity index (χ0) is 9.68. The van der Waals surface area contributed by atoms with E-state index in [9.17, 15) is 4.79 Å². The van der Waals surface area contributed by atoms with Crippen LogP contribution in [0.3, 0.4) is 0 Å². The molecule has 0 saturated carbocycles. The molecule has 0 amide bonds. The number of rotatable bonds is 1. The zero-order valence-corrected chi connectivity index (χ0v) is 7.55.